The molecule has 5 nitrogen and oxygen atoms in total. The highest BCUT2D eigenvalue weighted by Crippen LogP contribution is 2.36. The van der Waals surface area contributed by atoms with Gasteiger partial charge in [-0.3, -0.25) is 4.40 Å². The van der Waals surface area contributed by atoms with Crippen molar-refractivity contribution in [3.63, 3.8) is 0 Å². The first-order chi connectivity index (χ1) is 17.7. The van der Waals surface area contributed by atoms with E-state index < -0.39 is 11.8 Å². The number of ether oxygens (including phenoxy) is 2. The highest BCUT2D eigenvalue weighted by Gasteiger charge is 2.24. The van der Waals surface area contributed by atoms with E-state index in [1.54, 1.807) is 20.1 Å². The summed E-state index contributed by atoms with van der Waals surface area (Å²) in [5.74, 6) is -0.149. The summed E-state index contributed by atoms with van der Waals surface area (Å²) in [4.78, 5) is 18.1. The number of aromatic nitrogens is 2. The largest absolute Gasteiger partial charge is 0.497 e. The summed E-state index contributed by atoms with van der Waals surface area (Å²) in [5.41, 5.74) is 5.76. The van der Waals surface area contributed by atoms with E-state index in [1.807, 2.05) is 34.7 Å². The number of nitrogens with zero attached hydrogens (tertiary/aromatic N) is 2. The summed E-state index contributed by atoms with van der Waals surface area (Å²) in [7, 11) is 1.62. The van der Waals surface area contributed by atoms with Crippen LogP contribution < -0.4 is 4.74 Å². The molecule has 0 aliphatic heterocycles. The predicted octanol–water partition coefficient (Wildman–Crippen LogP) is 7.44. The van der Waals surface area contributed by atoms with Crippen molar-refractivity contribution in [2.75, 3.05) is 13.7 Å². The van der Waals surface area contributed by atoms with Gasteiger partial charge < -0.3 is 9.47 Å². The monoisotopic (exact) mass is 496 g/mol. The third kappa shape index (κ3) is 4.44. The van der Waals surface area contributed by atoms with E-state index in [4.69, 9.17) is 14.5 Å². The Labute approximate surface area is 215 Å². The zero-order valence-electron chi connectivity index (χ0n) is 21.6. The molecule has 3 aromatic carbocycles. The average molecular weight is 497 g/mol. The van der Waals surface area contributed by atoms with Crippen LogP contribution in [-0.2, 0) is 10.2 Å². The molecule has 188 valence electrons. The molecule has 37 heavy (non-hydrogen) atoms. The molecule has 2 aromatic heterocycles. The SMILES string of the molecule is CCOC(=O)c1c2ccc(F)cc2n2c(-c3ccc(C(C)(C)C)cc3)cc(-c3ccc(OC)cc3)nc12. The van der Waals surface area contributed by atoms with Gasteiger partial charge in [-0.05, 0) is 72.0 Å². The van der Waals surface area contributed by atoms with Gasteiger partial charge in [-0.15, -0.1) is 0 Å². The quantitative estimate of drug-likeness (QED) is 0.237. The maximum atomic E-state index is 14.5. The summed E-state index contributed by atoms with van der Waals surface area (Å²) >= 11 is 0. The van der Waals surface area contributed by atoms with Crippen molar-refractivity contribution >= 4 is 22.5 Å². The van der Waals surface area contributed by atoms with Crippen molar-refractivity contribution in [1.29, 1.82) is 0 Å². The van der Waals surface area contributed by atoms with Gasteiger partial charge >= 0.3 is 5.97 Å². The summed E-state index contributed by atoms with van der Waals surface area (Å²) in [6.45, 7) is 8.49. The first-order valence-corrected chi connectivity index (χ1v) is 12.3. The van der Waals surface area contributed by atoms with Crippen LogP contribution in [0.15, 0.2) is 72.8 Å². The van der Waals surface area contributed by atoms with Crippen LogP contribution in [-0.4, -0.2) is 29.1 Å². The van der Waals surface area contributed by atoms with Gasteiger partial charge in [0.25, 0.3) is 0 Å². The topological polar surface area (TPSA) is 52.8 Å². The summed E-state index contributed by atoms with van der Waals surface area (Å²) in [6, 6.07) is 22.3. The molecule has 0 saturated carbocycles. The maximum Gasteiger partial charge on any atom is 0.342 e. The molecule has 0 radical (unpaired) electrons. The second-order valence-electron chi connectivity index (χ2n) is 10.00. The molecule has 0 aliphatic carbocycles. The van der Waals surface area contributed by atoms with Crippen LogP contribution in [0, 0.1) is 5.82 Å². The Hall–Kier alpha value is -4.19. The highest BCUT2D eigenvalue weighted by atomic mass is 19.1. The zero-order valence-corrected chi connectivity index (χ0v) is 21.6. The van der Waals surface area contributed by atoms with Gasteiger partial charge in [0, 0.05) is 10.9 Å². The number of hydrogen-bond donors (Lipinski definition) is 0. The Morgan fingerprint density at radius 1 is 0.946 bits per heavy atom. The van der Waals surface area contributed by atoms with Gasteiger partial charge in [0.2, 0.25) is 0 Å². The standard InChI is InChI=1S/C31H29FN2O3/c1-6-37-30(35)28-24-16-13-22(32)17-27(24)34-26(20-7-11-21(12-8-20)31(2,3)4)18-25(33-29(28)34)19-9-14-23(36-5)15-10-19/h7-18H,6H2,1-5H3. The number of esters is 1. The van der Waals surface area contributed by atoms with E-state index in [9.17, 15) is 9.18 Å². The molecule has 0 bridgehead atoms. The number of carbonyl (C=O) groups excluding carboxylic acids is 1. The zero-order chi connectivity index (χ0) is 26.3. The number of rotatable bonds is 5. The van der Waals surface area contributed by atoms with Crippen LogP contribution in [0.3, 0.4) is 0 Å². The van der Waals surface area contributed by atoms with Gasteiger partial charge in [-0.25, -0.2) is 14.2 Å². The van der Waals surface area contributed by atoms with Crippen molar-refractivity contribution in [2.45, 2.75) is 33.1 Å². The van der Waals surface area contributed by atoms with E-state index in [1.165, 1.54) is 17.7 Å². The molecule has 2 heterocycles. The lowest BCUT2D eigenvalue weighted by Gasteiger charge is -2.19. The smallest absolute Gasteiger partial charge is 0.342 e. The van der Waals surface area contributed by atoms with Crippen LogP contribution in [0.4, 0.5) is 4.39 Å². The van der Waals surface area contributed by atoms with Crippen LogP contribution in [0.1, 0.15) is 43.6 Å². The molecule has 5 aromatic rings. The van der Waals surface area contributed by atoms with Gasteiger partial charge in [0.1, 0.15) is 17.1 Å². The first-order valence-electron chi connectivity index (χ1n) is 12.3. The number of benzene rings is 3. The lowest BCUT2D eigenvalue weighted by molar-refractivity contribution is 0.0530. The van der Waals surface area contributed by atoms with E-state index in [2.05, 4.69) is 45.0 Å². The fourth-order valence-electron chi connectivity index (χ4n) is 4.61. The van der Waals surface area contributed by atoms with Gasteiger partial charge in [0.05, 0.1) is 30.6 Å². The Kier molecular flexibility index (Phi) is 6.20. The van der Waals surface area contributed by atoms with Crippen molar-refractivity contribution in [2.24, 2.45) is 0 Å². The molecule has 0 unspecified atom stereocenters. The third-order valence-electron chi connectivity index (χ3n) is 6.56. The molecular formula is C31H29FN2O3. The van der Waals surface area contributed by atoms with Crippen LogP contribution in [0.5, 0.6) is 5.75 Å². The summed E-state index contributed by atoms with van der Waals surface area (Å²) in [5, 5.41) is 0.590. The molecule has 6 heteroatoms. The molecule has 0 aliphatic rings. The number of carbonyl (C=O) groups is 1. The molecule has 0 saturated heterocycles. The minimum Gasteiger partial charge on any atom is -0.497 e. The maximum absolute atomic E-state index is 14.5. The fourth-order valence-corrected chi connectivity index (χ4v) is 4.61. The van der Waals surface area contributed by atoms with Gasteiger partial charge in [0.15, 0.2) is 5.65 Å². The van der Waals surface area contributed by atoms with Crippen LogP contribution >= 0.6 is 0 Å². The van der Waals surface area contributed by atoms with Crippen molar-refractivity contribution in [3.8, 4) is 28.3 Å². The van der Waals surface area contributed by atoms with Crippen molar-refractivity contribution < 1.29 is 18.7 Å². The van der Waals surface area contributed by atoms with Gasteiger partial charge in [-0.1, -0.05) is 45.0 Å². The Bertz CT molecular complexity index is 1610. The molecule has 0 spiro atoms. The number of hydrogen-bond acceptors (Lipinski definition) is 4. The summed E-state index contributed by atoms with van der Waals surface area (Å²) < 4.78 is 27.1. The fraction of sp³-hybridized carbons (Fsp3) is 0.226. The molecule has 0 atom stereocenters. The lowest BCUT2D eigenvalue weighted by Crippen LogP contribution is -2.10. The molecule has 5 rings (SSSR count). The Morgan fingerprint density at radius 2 is 1.62 bits per heavy atom. The first kappa shape index (κ1) is 24.5. The third-order valence-corrected chi connectivity index (χ3v) is 6.56. The Morgan fingerprint density at radius 3 is 2.24 bits per heavy atom. The number of halogens is 1. The second-order valence-corrected chi connectivity index (χ2v) is 10.00. The van der Waals surface area contributed by atoms with E-state index in [0.29, 0.717) is 27.8 Å². The van der Waals surface area contributed by atoms with Gasteiger partial charge in [-0.2, -0.15) is 0 Å². The average Bonchev–Trinajstić information content (AvgIpc) is 3.21. The van der Waals surface area contributed by atoms with Crippen LogP contribution in [0.25, 0.3) is 39.1 Å². The van der Waals surface area contributed by atoms with Crippen LogP contribution in [0.2, 0.25) is 0 Å². The van der Waals surface area contributed by atoms with Crippen molar-refractivity contribution in [3.05, 3.63) is 89.7 Å². The van der Waals surface area contributed by atoms with E-state index >= 15 is 0 Å². The normalized spacial score (nSPS) is 11.7. The number of fused-ring (bicyclic) bond motifs is 3. The second kappa shape index (κ2) is 9.36. The highest BCUT2D eigenvalue weighted by molar-refractivity contribution is 6.11. The van der Waals surface area contributed by atoms with E-state index in [0.717, 1.165) is 22.6 Å². The minimum atomic E-state index is -0.491. The molecular weight excluding hydrogens is 467 g/mol. The minimum absolute atomic E-state index is 0.000699. The lowest BCUT2D eigenvalue weighted by atomic mass is 9.86. The molecule has 0 fully saturated rings. The summed E-state index contributed by atoms with van der Waals surface area (Å²) in [6.07, 6.45) is 0. The number of methoxy groups -OCH3 is 1. The Balaban J connectivity index is 1.87. The predicted molar refractivity (Wildman–Crippen MR) is 145 cm³/mol. The van der Waals surface area contributed by atoms with E-state index in [-0.39, 0.29) is 12.0 Å². The molecule has 0 amide bonds. The molecule has 0 N–H and O–H groups in total. The van der Waals surface area contributed by atoms with Crippen molar-refractivity contribution in [1.82, 2.24) is 9.38 Å².